The molecule has 0 fully saturated rings. The molecule has 55 heavy (non-hydrogen) atoms. The predicted molar refractivity (Wildman–Crippen MR) is 230 cm³/mol. The van der Waals surface area contributed by atoms with Crippen LogP contribution in [0.25, 0.3) is 27.8 Å². The highest BCUT2D eigenvalue weighted by Crippen LogP contribution is 2.67. The summed E-state index contributed by atoms with van der Waals surface area (Å²) in [5, 5.41) is 3.92. The minimum absolute atomic E-state index is 0.157. The lowest BCUT2D eigenvalue weighted by atomic mass is 9.66. The second-order valence-corrected chi connectivity index (χ2v) is 16.8. The van der Waals surface area contributed by atoms with Gasteiger partial charge < -0.3 is 5.32 Å². The molecule has 5 aromatic carbocycles. The lowest BCUT2D eigenvalue weighted by Crippen LogP contribution is -2.29. The van der Waals surface area contributed by atoms with E-state index >= 15 is 0 Å². The van der Waals surface area contributed by atoms with E-state index in [0.29, 0.717) is 0 Å². The Morgan fingerprint density at radius 2 is 1.64 bits per heavy atom. The molecule has 3 unspecified atom stereocenters. The fourth-order valence-electron chi connectivity index (χ4n) is 10.3. The summed E-state index contributed by atoms with van der Waals surface area (Å²) in [5.41, 5.74) is 29.9. The average molecular weight is 724 g/mol. The number of para-hydroxylation sites is 1. The van der Waals surface area contributed by atoms with E-state index in [-0.39, 0.29) is 16.7 Å². The molecule has 5 aromatic rings. The lowest BCUT2D eigenvalue weighted by Gasteiger charge is -2.35. The summed E-state index contributed by atoms with van der Waals surface area (Å²) in [7, 11) is 0. The molecule has 11 rings (SSSR count). The van der Waals surface area contributed by atoms with Crippen molar-refractivity contribution in [2.24, 2.45) is 0 Å². The number of thioether (sulfide) groups is 1. The van der Waals surface area contributed by atoms with Gasteiger partial charge in [-0.3, -0.25) is 0 Å². The number of fused-ring (bicyclic) bond motifs is 9. The Labute approximate surface area is 328 Å². The zero-order valence-corrected chi connectivity index (χ0v) is 32.1. The average Bonchev–Trinajstić information content (AvgIpc) is 3.91. The molecule has 0 radical (unpaired) electrons. The van der Waals surface area contributed by atoms with Gasteiger partial charge in [0.2, 0.25) is 0 Å². The first-order valence-electron chi connectivity index (χ1n) is 19.8. The summed E-state index contributed by atoms with van der Waals surface area (Å²) >= 11 is 1.89. The summed E-state index contributed by atoms with van der Waals surface area (Å²) in [6, 6.07) is 40.9. The van der Waals surface area contributed by atoms with Crippen LogP contribution in [0.3, 0.4) is 0 Å². The van der Waals surface area contributed by atoms with E-state index in [9.17, 15) is 0 Å². The van der Waals surface area contributed by atoms with Crippen LogP contribution in [0.1, 0.15) is 77.3 Å². The molecule has 5 aliphatic carbocycles. The minimum atomic E-state index is -0.288. The minimum Gasteiger partial charge on any atom is -0.368 e. The van der Waals surface area contributed by atoms with Gasteiger partial charge >= 0.3 is 0 Å². The van der Waals surface area contributed by atoms with E-state index in [1.807, 2.05) is 11.8 Å². The van der Waals surface area contributed by atoms with Crippen LogP contribution in [0.5, 0.6) is 0 Å². The molecule has 1 aliphatic heterocycles. The molecule has 1 N–H and O–H groups in total. The molecule has 1 spiro atoms. The van der Waals surface area contributed by atoms with Crippen LogP contribution < -0.4 is 5.32 Å². The normalized spacial score (nSPS) is 21.5. The van der Waals surface area contributed by atoms with Gasteiger partial charge in [-0.2, -0.15) is 0 Å². The Kier molecular flexibility index (Phi) is 7.52. The fraction of sp³-hybridized carbons (Fsp3) is 0.170. The van der Waals surface area contributed by atoms with Crippen molar-refractivity contribution in [1.29, 1.82) is 0 Å². The summed E-state index contributed by atoms with van der Waals surface area (Å²) in [6.07, 6.45) is 18.5. The van der Waals surface area contributed by atoms with Crippen molar-refractivity contribution in [3.8, 4) is 22.3 Å². The summed E-state index contributed by atoms with van der Waals surface area (Å²) in [6.45, 7) is 4.66. The Bertz CT molecular complexity index is 2730. The standard InChI is InChI=1S/C53H41NS/c1-33-14-3-4-17-39(33)50-40(34(2)37-15-13-16-38(32-37)35-26-28-36(29-27-35)52-54-48-24-11-12-25-49(48)55-52)30-31-47-51(50)43-20-7-10-23-46(43)53(47)44-21-8-5-18-41(44)42-19-6-9-22-45(42)53/h3-5,9-18,22-32,34,52,54H,6,8,19,21H2,1-2H3. The Hall–Kier alpha value is -5.75. The summed E-state index contributed by atoms with van der Waals surface area (Å²) in [5.74, 6) is 0.157. The maximum absolute atomic E-state index is 3.73. The highest BCUT2D eigenvalue weighted by Gasteiger charge is 2.56. The van der Waals surface area contributed by atoms with Gasteiger partial charge in [-0.25, -0.2) is 0 Å². The van der Waals surface area contributed by atoms with Crippen LogP contribution in [0.15, 0.2) is 190 Å². The maximum Gasteiger partial charge on any atom is 0.103 e. The van der Waals surface area contributed by atoms with Crippen LogP contribution in [-0.2, 0) is 5.41 Å². The van der Waals surface area contributed by atoms with E-state index in [1.54, 1.807) is 11.1 Å². The molecule has 0 bridgehead atoms. The predicted octanol–water partition coefficient (Wildman–Crippen LogP) is 13.9. The zero-order chi connectivity index (χ0) is 36.7. The fourth-order valence-corrected chi connectivity index (χ4v) is 11.4. The van der Waals surface area contributed by atoms with Crippen molar-refractivity contribution < 1.29 is 0 Å². The number of anilines is 1. The molecule has 6 aliphatic rings. The van der Waals surface area contributed by atoms with Crippen LogP contribution in [-0.4, -0.2) is 0 Å². The lowest BCUT2D eigenvalue weighted by molar-refractivity contribution is 0.700. The molecule has 0 saturated carbocycles. The first kappa shape index (κ1) is 32.7. The van der Waals surface area contributed by atoms with Crippen molar-refractivity contribution in [2.45, 2.75) is 61.1 Å². The van der Waals surface area contributed by atoms with E-state index in [2.05, 4.69) is 176 Å². The molecular formula is C53H41NS. The van der Waals surface area contributed by atoms with Crippen molar-refractivity contribution in [3.05, 3.63) is 218 Å². The SMILES string of the molecule is Cc1ccccc1-c1c(C(C)c2cccc(-c3ccc(C4Nc5ccccc5S4)cc3)c2)ccc2c1C1=C=C=CC=C1C21C2=C(CCC=C2)C2=C1CCC=C2. The monoisotopic (exact) mass is 723 g/mol. The van der Waals surface area contributed by atoms with Gasteiger partial charge in [0.1, 0.15) is 5.37 Å². The Morgan fingerprint density at radius 3 is 2.53 bits per heavy atom. The number of aryl methyl sites for hydroxylation is 1. The van der Waals surface area contributed by atoms with Gasteiger partial charge in [-0.15, -0.1) is 0 Å². The van der Waals surface area contributed by atoms with E-state index in [0.717, 1.165) is 25.7 Å². The molecule has 0 aromatic heterocycles. The van der Waals surface area contributed by atoms with E-state index < -0.39 is 0 Å². The summed E-state index contributed by atoms with van der Waals surface area (Å²) in [4.78, 5) is 1.31. The van der Waals surface area contributed by atoms with Crippen LogP contribution in [0.2, 0.25) is 0 Å². The first-order chi connectivity index (χ1) is 27.1. The molecule has 0 amide bonds. The van der Waals surface area contributed by atoms with Crippen molar-refractivity contribution in [1.82, 2.24) is 0 Å². The molecule has 3 atom stereocenters. The first-order valence-corrected chi connectivity index (χ1v) is 20.7. The molecule has 1 heterocycles. The van der Waals surface area contributed by atoms with Gasteiger partial charge in [0.15, 0.2) is 0 Å². The highest BCUT2D eigenvalue weighted by molar-refractivity contribution is 8.00. The van der Waals surface area contributed by atoms with E-state index in [4.69, 9.17) is 0 Å². The number of hydrogen-bond donors (Lipinski definition) is 1. The summed E-state index contributed by atoms with van der Waals surface area (Å²) < 4.78 is 0. The van der Waals surface area contributed by atoms with Gasteiger partial charge in [0.25, 0.3) is 0 Å². The van der Waals surface area contributed by atoms with Crippen LogP contribution in [0, 0.1) is 6.92 Å². The smallest absolute Gasteiger partial charge is 0.103 e. The number of benzene rings is 5. The number of nitrogens with one attached hydrogen (secondary N) is 1. The third-order valence-corrected chi connectivity index (χ3v) is 14.1. The molecule has 1 nitrogen and oxygen atoms in total. The quantitative estimate of drug-likeness (QED) is 0.181. The molecular weight excluding hydrogens is 683 g/mol. The zero-order valence-electron chi connectivity index (χ0n) is 31.2. The number of hydrogen-bond acceptors (Lipinski definition) is 2. The molecule has 0 saturated heterocycles. The van der Waals surface area contributed by atoms with Gasteiger partial charge in [-0.1, -0.05) is 152 Å². The maximum atomic E-state index is 3.73. The molecule has 264 valence electrons. The third kappa shape index (κ3) is 4.83. The number of allylic oxidation sites excluding steroid dienone is 12. The van der Waals surface area contributed by atoms with Crippen molar-refractivity contribution >= 4 is 23.0 Å². The second-order valence-electron chi connectivity index (χ2n) is 15.7. The largest absolute Gasteiger partial charge is 0.368 e. The second kappa shape index (κ2) is 12.7. The van der Waals surface area contributed by atoms with Gasteiger partial charge in [0.05, 0.1) is 5.41 Å². The number of rotatable bonds is 5. The van der Waals surface area contributed by atoms with Crippen molar-refractivity contribution in [2.75, 3.05) is 5.32 Å². The highest BCUT2D eigenvalue weighted by atomic mass is 32.2. The van der Waals surface area contributed by atoms with E-state index in [1.165, 1.54) is 88.5 Å². The third-order valence-electron chi connectivity index (χ3n) is 12.9. The van der Waals surface area contributed by atoms with Crippen molar-refractivity contribution in [3.63, 3.8) is 0 Å². The van der Waals surface area contributed by atoms with Crippen LogP contribution >= 0.6 is 11.8 Å². The topological polar surface area (TPSA) is 12.0 Å². The molecule has 2 heteroatoms. The van der Waals surface area contributed by atoms with Gasteiger partial charge in [-0.05, 0) is 135 Å². The Morgan fingerprint density at radius 1 is 0.800 bits per heavy atom. The Balaban J connectivity index is 1.05. The van der Waals surface area contributed by atoms with Gasteiger partial charge in [0, 0.05) is 27.6 Å². The van der Waals surface area contributed by atoms with Crippen LogP contribution in [0.4, 0.5) is 5.69 Å².